The number of rotatable bonds is 6. The maximum Gasteiger partial charge on any atom is 0.337 e. The molecule has 2 rings (SSSR count). The Morgan fingerprint density at radius 2 is 1.21 bits per heavy atom. The quantitative estimate of drug-likeness (QED) is 0.377. The third-order valence-corrected chi connectivity index (χ3v) is 3.85. The number of carbonyl (C=O) groups is 4. The van der Waals surface area contributed by atoms with Gasteiger partial charge in [0.05, 0.1) is 25.3 Å². The van der Waals surface area contributed by atoms with Crippen molar-refractivity contribution in [3.05, 3.63) is 82.9 Å². The summed E-state index contributed by atoms with van der Waals surface area (Å²) in [6.07, 6.45) is 5.35. The topological polar surface area (TPSA) is 116 Å². The van der Waals surface area contributed by atoms with Gasteiger partial charge >= 0.3 is 23.9 Å². The summed E-state index contributed by atoms with van der Waals surface area (Å²) >= 11 is 0. The Labute approximate surface area is 198 Å². The van der Waals surface area contributed by atoms with Crippen molar-refractivity contribution in [2.24, 2.45) is 0 Å². The highest BCUT2D eigenvalue weighted by molar-refractivity contribution is 5.92. The van der Waals surface area contributed by atoms with Crippen LogP contribution in [0.1, 0.15) is 52.6 Å². The van der Waals surface area contributed by atoms with Crippen molar-refractivity contribution >= 4 is 36.0 Å². The monoisotopic (exact) mass is 468 g/mol. The Balaban J connectivity index is 0.000000350. The number of aliphatic carboxylic acids is 1. The molecule has 0 fully saturated rings. The minimum absolute atomic E-state index is 0.394. The third kappa shape index (κ3) is 10.9. The van der Waals surface area contributed by atoms with E-state index in [1.54, 1.807) is 75.4 Å². The van der Waals surface area contributed by atoms with Crippen molar-refractivity contribution in [2.75, 3.05) is 14.2 Å². The molecule has 180 valence electrons. The molecule has 8 heteroatoms. The molecular weight excluding hydrogens is 440 g/mol. The van der Waals surface area contributed by atoms with Crippen LogP contribution in [0.5, 0.6) is 0 Å². The fourth-order valence-electron chi connectivity index (χ4n) is 2.44. The zero-order valence-electron chi connectivity index (χ0n) is 19.7. The third-order valence-electron chi connectivity index (χ3n) is 3.85. The lowest BCUT2D eigenvalue weighted by atomic mass is 10.1. The second-order valence-corrected chi connectivity index (χ2v) is 7.77. The summed E-state index contributed by atoms with van der Waals surface area (Å²) < 4.78 is 14.3. The molecule has 2 aromatic carbocycles. The zero-order valence-corrected chi connectivity index (χ0v) is 19.7. The highest BCUT2D eigenvalue weighted by Crippen LogP contribution is 2.11. The van der Waals surface area contributed by atoms with E-state index in [0.29, 0.717) is 16.7 Å². The summed E-state index contributed by atoms with van der Waals surface area (Å²) in [5, 5.41) is 8.42. The number of hydrogen-bond donors (Lipinski definition) is 1. The molecule has 8 nitrogen and oxygen atoms in total. The molecule has 0 radical (unpaired) electrons. The molecule has 0 aliphatic carbocycles. The Morgan fingerprint density at radius 1 is 0.765 bits per heavy atom. The number of benzene rings is 2. The van der Waals surface area contributed by atoms with Crippen molar-refractivity contribution < 1.29 is 38.5 Å². The summed E-state index contributed by atoms with van der Waals surface area (Å²) in [7, 11) is 2.62. The second kappa shape index (κ2) is 13.4. The minimum atomic E-state index is -1.03. The van der Waals surface area contributed by atoms with Gasteiger partial charge < -0.3 is 19.3 Å². The van der Waals surface area contributed by atoms with Crippen molar-refractivity contribution in [1.29, 1.82) is 0 Å². The summed E-state index contributed by atoms with van der Waals surface area (Å²) in [6, 6.07) is 13.3. The van der Waals surface area contributed by atoms with E-state index in [4.69, 9.17) is 9.84 Å². The first-order valence-corrected chi connectivity index (χ1v) is 10.1. The lowest BCUT2D eigenvalue weighted by Crippen LogP contribution is -2.22. The number of esters is 3. The van der Waals surface area contributed by atoms with Crippen LogP contribution in [-0.4, -0.2) is 48.8 Å². The molecule has 0 spiro atoms. The molecule has 0 aliphatic rings. The number of hydrogen-bond acceptors (Lipinski definition) is 7. The van der Waals surface area contributed by atoms with E-state index in [1.807, 2.05) is 0 Å². The maximum atomic E-state index is 11.5. The van der Waals surface area contributed by atoms with Crippen molar-refractivity contribution in [3.8, 4) is 0 Å². The number of ether oxygens (including phenoxy) is 3. The fourth-order valence-corrected chi connectivity index (χ4v) is 2.44. The molecule has 0 bridgehead atoms. The fraction of sp³-hybridized carbons (Fsp3) is 0.231. The molecule has 0 saturated heterocycles. The standard InChI is InChI=1S/C15H18O4.C11H10O4/c1-15(2,3)19-13(16)9-8-11-6-5-7-12(10-11)14(17)18-4;1-15-11(14)9-4-2-3-8(7-9)5-6-10(12)13/h5-10H,1-4H3;2-7H,1H3,(H,12,13)/b9-8+;6-5+. The van der Waals surface area contributed by atoms with E-state index >= 15 is 0 Å². The van der Waals surface area contributed by atoms with Gasteiger partial charge in [-0.1, -0.05) is 24.3 Å². The number of carboxylic acids is 1. The first kappa shape index (κ1) is 27.8. The van der Waals surface area contributed by atoms with Gasteiger partial charge in [-0.25, -0.2) is 19.2 Å². The Bertz CT molecular complexity index is 1070. The van der Waals surface area contributed by atoms with Gasteiger partial charge in [-0.15, -0.1) is 0 Å². The first-order valence-electron chi connectivity index (χ1n) is 10.1. The smallest absolute Gasteiger partial charge is 0.337 e. The van der Waals surface area contributed by atoms with Gasteiger partial charge in [0.1, 0.15) is 5.60 Å². The Kier molecular flexibility index (Phi) is 10.9. The van der Waals surface area contributed by atoms with Crippen LogP contribution in [0.3, 0.4) is 0 Å². The van der Waals surface area contributed by atoms with Crippen LogP contribution < -0.4 is 0 Å². The lowest BCUT2D eigenvalue weighted by Gasteiger charge is -2.17. The molecule has 0 atom stereocenters. The van der Waals surface area contributed by atoms with Crippen LogP contribution >= 0.6 is 0 Å². The SMILES string of the molecule is COC(=O)c1cccc(/C=C/C(=O)O)c1.COC(=O)c1cccc(/C=C/C(=O)OC(C)(C)C)c1. The molecule has 0 unspecified atom stereocenters. The molecule has 0 saturated carbocycles. The van der Waals surface area contributed by atoms with Crippen LogP contribution in [-0.2, 0) is 23.8 Å². The zero-order chi connectivity index (χ0) is 25.7. The predicted molar refractivity (Wildman–Crippen MR) is 127 cm³/mol. The number of methoxy groups -OCH3 is 2. The van der Waals surface area contributed by atoms with Crippen LogP contribution in [0, 0.1) is 0 Å². The lowest BCUT2D eigenvalue weighted by molar-refractivity contribution is -0.148. The summed E-state index contributed by atoms with van der Waals surface area (Å²) in [5.41, 5.74) is 1.68. The normalized spacial score (nSPS) is 10.9. The van der Waals surface area contributed by atoms with Crippen molar-refractivity contribution in [2.45, 2.75) is 26.4 Å². The number of carboxylic acid groups (broad SMARTS) is 1. The maximum absolute atomic E-state index is 11.5. The molecule has 34 heavy (non-hydrogen) atoms. The Hall–Kier alpha value is -4.20. The van der Waals surface area contributed by atoms with Gasteiger partial charge in [-0.3, -0.25) is 0 Å². The van der Waals surface area contributed by atoms with Gasteiger partial charge in [0.25, 0.3) is 0 Å². The van der Waals surface area contributed by atoms with E-state index in [-0.39, 0.29) is 0 Å². The predicted octanol–water partition coefficient (Wildman–Crippen LogP) is 4.40. The van der Waals surface area contributed by atoms with E-state index in [2.05, 4.69) is 9.47 Å². The van der Waals surface area contributed by atoms with E-state index < -0.39 is 29.5 Å². The molecular formula is C26H28O8. The average Bonchev–Trinajstić information content (AvgIpc) is 2.80. The minimum Gasteiger partial charge on any atom is -0.478 e. The van der Waals surface area contributed by atoms with Gasteiger partial charge in [-0.2, -0.15) is 0 Å². The summed E-state index contributed by atoms with van der Waals surface area (Å²) in [6.45, 7) is 5.41. The second-order valence-electron chi connectivity index (χ2n) is 7.77. The van der Waals surface area contributed by atoms with Crippen LogP contribution in [0.15, 0.2) is 60.7 Å². The largest absolute Gasteiger partial charge is 0.478 e. The van der Waals surface area contributed by atoms with Crippen LogP contribution in [0.25, 0.3) is 12.2 Å². The van der Waals surface area contributed by atoms with Crippen molar-refractivity contribution in [3.63, 3.8) is 0 Å². The molecule has 0 aromatic heterocycles. The average molecular weight is 469 g/mol. The molecule has 1 N–H and O–H groups in total. The molecule has 2 aromatic rings. The van der Waals surface area contributed by atoms with Crippen molar-refractivity contribution in [1.82, 2.24) is 0 Å². The highest BCUT2D eigenvalue weighted by Gasteiger charge is 2.14. The number of carbonyl (C=O) groups excluding carboxylic acids is 3. The molecule has 0 amide bonds. The summed E-state index contributed by atoms with van der Waals surface area (Å²) in [4.78, 5) is 44.3. The summed E-state index contributed by atoms with van der Waals surface area (Å²) in [5.74, 6) is -2.30. The van der Waals surface area contributed by atoms with Gasteiger partial charge in [0.2, 0.25) is 0 Å². The van der Waals surface area contributed by atoms with E-state index in [0.717, 1.165) is 11.6 Å². The molecule has 0 aliphatic heterocycles. The molecule has 0 heterocycles. The first-order chi connectivity index (χ1) is 15.9. The Morgan fingerprint density at radius 3 is 1.59 bits per heavy atom. The van der Waals surface area contributed by atoms with Crippen LogP contribution in [0.2, 0.25) is 0 Å². The van der Waals surface area contributed by atoms with Gasteiger partial charge in [0.15, 0.2) is 0 Å². The van der Waals surface area contributed by atoms with E-state index in [1.165, 1.54) is 26.4 Å². The highest BCUT2D eigenvalue weighted by atomic mass is 16.6. The van der Waals surface area contributed by atoms with Crippen LogP contribution in [0.4, 0.5) is 0 Å². The van der Waals surface area contributed by atoms with Gasteiger partial charge in [-0.05, 0) is 68.3 Å². The van der Waals surface area contributed by atoms with Gasteiger partial charge in [0, 0.05) is 12.2 Å². The van der Waals surface area contributed by atoms with E-state index in [9.17, 15) is 19.2 Å².